The smallest absolute Gasteiger partial charge is 0.150 e. The van der Waals surface area contributed by atoms with Gasteiger partial charge in [0, 0.05) is 23.9 Å². The molecule has 19 heavy (non-hydrogen) atoms. The first kappa shape index (κ1) is 12.1. The molecule has 0 spiro atoms. The van der Waals surface area contributed by atoms with Crippen molar-refractivity contribution < 1.29 is 9.53 Å². The van der Waals surface area contributed by atoms with Crippen molar-refractivity contribution in [3.8, 4) is 11.3 Å². The van der Waals surface area contributed by atoms with Crippen LogP contribution in [0.5, 0.6) is 0 Å². The molecule has 4 nitrogen and oxygen atoms in total. The number of aromatic nitrogens is 2. The molecule has 3 rings (SSSR count). The average molecular weight is 256 g/mol. The molecule has 1 saturated heterocycles. The van der Waals surface area contributed by atoms with Crippen molar-refractivity contribution in [2.24, 2.45) is 0 Å². The highest BCUT2D eigenvalue weighted by Gasteiger charge is 2.20. The lowest BCUT2D eigenvalue weighted by atomic mass is 10.1. The highest BCUT2D eigenvalue weighted by molar-refractivity contribution is 5.86. The Kier molecular flexibility index (Phi) is 3.42. The zero-order chi connectivity index (χ0) is 13.1. The Morgan fingerprint density at radius 1 is 1.26 bits per heavy atom. The molecule has 0 amide bonds. The molecule has 0 radical (unpaired) electrons. The number of carbonyl (C=O) groups is 1. The van der Waals surface area contributed by atoms with Crippen molar-refractivity contribution in [3.63, 3.8) is 0 Å². The van der Waals surface area contributed by atoms with Crippen molar-refractivity contribution >= 4 is 6.29 Å². The fourth-order valence-electron chi connectivity index (χ4n) is 2.51. The number of carbonyl (C=O) groups excluding carboxylic acids is 1. The van der Waals surface area contributed by atoms with Crippen LogP contribution in [0.25, 0.3) is 11.3 Å². The Bertz CT molecular complexity index is 571. The third-order valence-electron chi connectivity index (χ3n) is 3.46. The Balaban J connectivity index is 2.01. The minimum Gasteiger partial charge on any atom is -0.356 e. The second kappa shape index (κ2) is 5.36. The summed E-state index contributed by atoms with van der Waals surface area (Å²) in [6.07, 6.45) is 5.86. The molecule has 0 saturated carbocycles. The first-order valence-corrected chi connectivity index (χ1v) is 6.60. The maximum atomic E-state index is 11.1. The van der Waals surface area contributed by atoms with Gasteiger partial charge in [0.2, 0.25) is 0 Å². The van der Waals surface area contributed by atoms with Gasteiger partial charge < -0.3 is 4.74 Å². The topological polar surface area (TPSA) is 44.1 Å². The number of hydrogen-bond acceptors (Lipinski definition) is 3. The third kappa shape index (κ3) is 2.31. The van der Waals surface area contributed by atoms with E-state index in [-0.39, 0.29) is 6.23 Å². The molecule has 0 N–H and O–H groups in total. The zero-order valence-corrected chi connectivity index (χ0v) is 10.7. The fraction of sp³-hybridized carbons (Fsp3) is 0.333. The van der Waals surface area contributed by atoms with Gasteiger partial charge in [-0.3, -0.25) is 4.79 Å². The maximum absolute atomic E-state index is 11.1. The SMILES string of the molecule is O=Cc1ccccc1-c1ccnn1C1CCCCO1. The molecule has 0 aliphatic carbocycles. The molecule has 2 aromatic rings. The van der Waals surface area contributed by atoms with Gasteiger partial charge in [-0.25, -0.2) is 4.68 Å². The van der Waals surface area contributed by atoms with Crippen molar-refractivity contribution in [2.45, 2.75) is 25.5 Å². The number of aldehydes is 1. The minimum atomic E-state index is -0.0153. The van der Waals surface area contributed by atoms with E-state index in [4.69, 9.17) is 4.74 Å². The van der Waals surface area contributed by atoms with Crippen LogP contribution in [0.4, 0.5) is 0 Å². The molecule has 98 valence electrons. The summed E-state index contributed by atoms with van der Waals surface area (Å²) in [4.78, 5) is 11.1. The predicted molar refractivity (Wildman–Crippen MR) is 71.9 cm³/mol. The summed E-state index contributed by atoms with van der Waals surface area (Å²) in [5, 5.41) is 4.37. The van der Waals surface area contributed by atoms with Crippen molar-refractivity contribution in [2.75, 3.05) is 6.61 Å². The highest BCUT2D eigenvalue weighted by Crippen LogP contribution is 2.29. The van der Waals surface area contributed by atoms with Crippen molar-refractivity contribution in [1.29, 1.82) is 0 Å². The monoisotopic (exact) mass is 256 g/mol. The number of nitrogens with zero attached hydrogens (tertiary/aromatic N) is 2. The summed E-state index contributed by atoms with van der Waals surface area (Å²) in [6, 6.07) is 9.49. The molecule has 1 aromatic heterocycles. The van der Waals surface area contributed by atoms with Gasteiger partial charge >= 0.3 is 0 Å². The Labute approximate surface area is 112 Å². The standard InChI is InChI=1S/C15H16N2O2/c18-11-12-5-1-2-6-13(12)14-8-9-16-17(14)15-7-3-4-10-19-15/h1-2,5-6,8-9,11,15H,3-4,7,10H2. The van der Waals surface area contributed by atoms with E-state index in [2.05, 4.69) is 5.10 Å². The van der Waals surface area contributed by atoms with Crippen LogP contribution in [-0.4, -0.2) is 22.7 Å². The zero-order valence-electron chi connectivity index (χ0n) is 10.7. The van der Waals surface area contributed by atoms with E-state index in [0.717, 1.165) is 43.4 Å². The van der Waals surface area contributed by atoms with Crippen LogP contribution in [-0.2, 0) is 4.74 Å². The van der Waals surface area contributed by atoms with Crippen molar-refractivity contribution in [1.82, 2.24) is 9.78 Å². The molecule has 1 aliphatic rings. The second-order valence-electron chi connectivity index (χ2n) is 4.69. The molecule has 1 fully saturated rings. The molecular weight excluding hydrogens is 240 g/mol. The van der Waals surface area contributed by atoms with Crippen LogP contribution in [0.15, 0.2) is 36.5 Å². The summed E-state index contributed by atoms with van der Waals surface area (Å²) in [6.45, 7) is 0.777. The molecule has 2 heterocycles. The lowest BCUT2D eigenvalue weighted by molar-refractivity contribution is -0.0383. The van der Waals surface area contributed by atoms with Gasteiger partial charge in [0.05, 0.1) is 5.69 Å². The van der Waals surface area contributed by atoms with Crippen LogP contribution >= 0.6 is 0 Å². The highest BCUT2D eigenvalue weighted by atomic mass is 16.5. The summed E-state index contributed by atoms with van der Waals surface area (Å²) >= 11 is 0. The molecule has 0 bridgehead atoms. The van der Waals surface area contributed by atoms with Gasteiger partial charge in [0.25, 0.3) is 0 Å². The van der Waals surface area contributed by atoms with E-state index < -0.39 is 0 Å². The summed E-state index contributed by atoms with van der Waals surface area (Å²) in [7, 11) is 0. The molecule has 1 atom stereocenters. The lowest BCUT2D eigenvalue weighted by Gasteiger charge is -2.24. The van der Waals surface area contributed by atoms with Crippen LogP contribution < -0.4 is 0 Å². The number of hydrogen-bond donors (Lipinski definition) is 0. The first-order chi connectivity index (χ1) is 9.40. The number of ether oxygens (including phenoxy) is 1. The number of benzene rings is 1. The van der Waals surface area contributed by atoms with Crippen LogP contribution in [0, 0.1) is 0 Å². The van der Waals surface area contributed by atoms with Crippen molar-refractivity contribution in [3.05, 3.63) is 42.1 Å². The second-order valence-corrected chi connectivity index (χ2v) is 4.69. The van der Waals surface area contributed by atoms with Crippen LogP contribution in [0.1, 0.15) is 35.8 Å². The van der Waals surface area contributed by atoms with E-state index in [1.54, 1.807) is 6.20 Å². The van der Waals surface area contributed by atoms with Gasteiger partial charge in [-0.15, -0.1) is 0 Å². The summed E-state index contributed by atoms with van der Waals surface area (Å²) in [5.74, 6) is 0. The van der Waals surface area contributed by atoms with Crippen LogP contribution in [0.2, 0.25) is 0 Å². The van der Waals surface area contributed by atoms with E-state index in [0.29, 0.717) is 5.56 Å². The third-order valence-corrected chi connectivity index (χ3v) is 3.46. The molecule has 1 aliphatic heterocycles. The molecule has 1 unspecified atom stereocenters. The number of rotatable bonds is 3. The Hall–Kier alpha value is -1.94. The molecule has 1 aromatic carbocycles. The van der Waals surface area contributed by atoms with Gasteiger partial charge in [0.15, 0.2) is 12.5 Å². The largest absolute Gasteiger partial charge is 0.356 e. The quantitative estimate of drug-likeness (QED) is 0.793. The molecule has 4 heteroatoms. The first-order valence-electron chi connectivity index (χ1n) is 6.60. The van der Waals surface area contributed by atoms with Crippen LogP contribution in [0.3, 0.4) is 0 Å². The van der Waals surface area contributed by atoms with E-state index >= 15 is 0 Å². The summed E-state index contributed by atoms with van der Waals surface area (Å²) < 4.78 is 7.66. The maximum Gasteiger partial charge on any atom is 0.150 e. The van der Waals surface area contributed by atoms with E-state index in [1.165, 1.54) is 0 Å². The lowest BCUT2D eigenvalue weighted by Crippen LogP contribution is -2.20. The van der Waals surface area contributed by atoms with Gasteiger partial charge in [-0.05, 0) is 25.3 Å². The minimum absolute atomic E-state index is 0.0153. The Morgan fingerprint density at radius 3 is 2.95 bits per heavy atom. The van der Waals surface area contributed by atoms with Gasteiger partial charge in [0.1, 0.15) is 0 Å². The Morgan fingerprint density at radius 2 is 2.16 bits per heavy atom. The van der Waals surface area contributed by atoms with E-state index in [9.17, 15) is 4.79 Å². The van der Waals surface area contributed by atoms with Gasteiger partial charge in [-0.1, -0.05) is 24.3 Å². The normalized spacial score (nSPS) is 19.3. The van der Waals surface area contributed by atoms with E-state index in [1.807, 2.05) is 35.0 Å². The fourth-order valence-corrected chi connectivity index (χ4v) is 2.51. The molecular formula is C15H16N2O2. The predicted octanol–water partition coefficient (Wildman–Crippen LogP) is 3.06. The average Bonchev–Trinajstić information content (AvgIpc) is 2.97. The van der Waals surface area contributed by atoms with Gasteiger partial charge in [-0.2, -0.15) is 5.10 Å². The summed E-state index contributed by atoms with van der Waals surface area (Å²) in [5.41, 5.74) is 2.53.